The summed E-state index contributed by atoms with van der Waals surface area (Å²) in [5, 5.41) is 4.80. The number of anilines is 1. The van der Waals surface area contributed by atoms with Crippen LogP contribution in [0.5, 0.6) is 5.75 Å². The van der Waals surface area contributed by atoms with Crippen LogP contribution in [-0.4, -0.2) is 46.2 Å². The van der Waals surface area contributed by atoms with Crippen molar-refractivity contribution in [2.24, 2.45) is 5.73 Å². The van der Waals surface area contributed by atoms with Gasteiger partial charge in [0.05, 0.1) is 19.2 Å². The van der Waals surface area contributed by atoms with Gasteiger partial charge in [-0.15, -0.1) is 17.5 Å². The van der Waals surface area contributed by atoms with Crippen LogP contribution in [0.3, 0.4) is 0 Å². The largest absolute Gasteiger partial charge is 0.496 e. The quantitative estimate of drug-likeness (QED) is 0.414. The van der Waals surface area contributed by atoms with Crippen LogP contribution in [-0.2, 0) is 6.54 Å². The van der Waals surface area contributed by atoms with Gasteiger partial charge >= 0.3 is 0 Å². The van der Waals surface area contributed by atoms with Crippen LogP contribution in [0.4, 0.5) is 5.82 Å². The Morgan fingerprint density at radius 2 is 1.86 bits per heavy atom. The molecular weight excluding hydrogens is 466 g/mol. The molecule has 0 bridgehead atoms. The SMILES string of the molecule is COc1ccccc1-c1c(N2CCC[C@@H](N)C2)nn2ccn(CC(=O)c3ccccc3)c(=O)c12.Cl. The van der Waals surface area contributed by atoms with Gasteiger partial charge in [-0.2, -0.15) is 0 Å². The molecule has 0 aliphatic carbocycles. The smallest absolute Gasteiger partial charge is 0.277 e. The van der Waals surface area contributed by atoms with E-state index in [2.05, 4.69) is 4.90 Å². The van der Waals surface area contributed by atoms with Gasteiger partial charge in [-0.1, -0.05) is 48.5 Å². The molecule has 0 spiro atoms. The number of Topliss-reactive ketones (excluding diaryl/α,β-unsaturated/α-hetero) is 1. The Balaban J connectivity index is 0.00000289. The first kappa shape index (κ1) is 24.5. The van der Waals surface area contributed by atoms with Crippen LogP contribution in [0.2, 0.25) is 0 Å². The van der Waals surface area contributed by atoms with E-state index in [9.17, 15) is 9.59 Å². The Bertz CT molecular complexity index is 1400. The molecule has 1 atom stereocenters. The number of halogens is 1. The predicted molar refractivity (Wildman–Crippen MR) is 139 cm³/mol. The summed E-state index contributed by atoms with van der Waals surface area (Å²) in [4.78, 5) is 28.7. The van der Waals surface area contributed by atoms with E-state index in [1.807, 2.05) is 42.5 Å². The highest BCUT2D eigenvalue weighted by Gasteiger charge is 2.27. The molecule has 1 aliphatic rings. The van der Waals surface area contributed by atoms with Gasteiger partial charge in [-0.05, 0) is 18.9 Å². The van der Waals surface area contributed by atoms with Gasteiger partial charge in [0.2, 0.25) is 0 Å². The molecule has 9 heteroatoms. The number of hydrogen-bond donors (Lipinski definition) is 1. The molecule has 2 aromatic heterocycles. The zero-order valence-electron chi connectivity index (χ0n) is 19.5. The van der Waals surface area contributed by atoms with Crippen molar-refractivity contribution in [1.82, 2.24) is 14.2 Å². The first-order valence-corrected chi connectivity index (χ1v) is 11.4. The van der Waals surface area contributed by atoms with Crippen molar-refractivity contribution in [2.75, 3.05) is 25.1 Å². The zero-order valence-corrected chi connectivity index (χ0v) is 20.3. The lowest BCUT2D eigenvalue weighted by Gasteiger charge is -2.31. The summed E-state index contributed by atoms with van der Waals surface area (Å²) in [6, 6.07) is 16.6. The minimum Gasteiger partial charge on any atom is -0.496 e. The lowest BCUT2D eigenvalue weighted by atomic mass is 10.0. The number of nitrogens with two attached hydrogens (primary N) is 1. The normalized spacial score (nSPS) is 15.6. The predicted octanol–water partition coefficient (Wildman–Crippen LogP) is 3.40. The van der Waals surface area contributed by atoms with Crippen LogP contribution in [0.1, 0.15) is 23.2 Å². The van der Waals surface area contributed by atoms with Crippen molar-refractivity contribution in [3.63, 3.8) is 0 Å². The topological polar surface area (TPSA) is 94.9 Å². The third-order valence-corrected chi connectivity index (χ3v) is 6.29. The number of benzene rings is 2. The van der Waals surface area contributed by atoms with Crippen molar-refractivity contribution in [3.05, 3.63) is 82.9 Å². The summed E-state index contributed by atoms with van der Waals surface area (Å²) >= 11 is 0. The first-order chi connectivity index (χ1) is 16.6. The van der Waals surface area contributed by atoms with E-state index in [0.29, 0.717) is 34.8 Å². The van der Waals surface area contributed by atoms with E-state index in [0.717, 1.165) is 24.9 Å². The minimum atomic E-state index is -0.284. The summed E-state index contributed by atoms with van der Waals surface area (Å²) in [5.41, 5.74) is 8.42. The highest BCUT2D eigenvalue weighted by molar-refractivity contribution is 5.96. The van der Waals surface area contributed by atoms with E-state index in [1.165, 1.54) is 4.57 Å². The second-order valence-corrected chi connectivity index (χ2v) is 8.56. The number of ether oxygens (including phenoxy) is 1. The van der Waals surface area contributed by atoms with E-state index >= 15 is 0 Å². The average molecular weight is 494 g/mol. The lowest BCUT2D eigenvalue weighted by molar-refractivity contribution is 0.0971. The van der Waals surface area contributed by atoms with Crippen LogP contribution < -0.4 is 20.9 Å². The Kier molecular flexibility index (Phi) is 7.23. The van der Waals surface area contributed by atoms with Crippen LogP contribution in [0.25, 0.3) is 16.6 Å². The maximum Gasteiger partial charge on any atom is 0.277 e. The minimum absolute atomic E-state index is 0. The van der Waals surface area contributed by atoms with E-state index < -0.39 is 0 Å². The van der Waals surface area contributed by atoms with Gasteiger partial charge in [-0.3, -0.25) is 9.59 Å². The van der Waals surface area contributed by atoms with Crippen molar-refractivity contribution < 1.29 is 9.53 Å². The molecule has 3 heterocycles. The van der Waals surface area contributed by atoms with Gasteiger partial charge < -0.3 is 19.9 Å². The molecule has 1 aliphatic heterocycles. The number of para-hydroxylation sites is 1. The number of hydrogen-bond acceptors (Lipinski definition) is 6. The van der Waals surface area contributed by atoms with Gasteiger partial charge in [-0.25, -0.2) is 4.52 Å². The van der Waals surface area contributed by atoms with Crippen LogP contribution in [0, 0.1) is 0 Å². The molecule has 0 amide bonds. The lowest BCUT2D eigenvalue weighted by Crippen LogP contribution is -2.43. The third-order valence-electron chi connectivity index (χ3n) is 6.29. The number of ketones is 1. The molecule has 1 fully saturated rings. The van der Waals surface area contributed by atoms with E-state index in [1.54, 1.807) is 36.2 Å². The number of fused-ring (bicyclic) bond motifs is 1. The molecule has 5 rings (SSSR count). The molecule has 8 nitrogen and oxygen atoms in total. The van der Waals surface area contributed by atoms with Crippen molar-refractivity contribution in [1.29, 1.82) is 0 Å². The third kappa shape index (κ3) is 4.67. The highest BCUT2D eigenvalue weighted by atomic mass is 35.5. The summed E-state index contributed by atoms with van der Waals surface area (Å²) in [5.74, 6) is 1.21. The number of piperidine rings is 1. The summed E-state index contributed by atoms with van der Waals surface area (Å²) in [7, 11) is 1.61. The fourth-order valence-corrected chi connectivity index (χ4v) is 4.60. The van der Waals surface area contributed by atoms with Crippen LogP contribution in [0.15, 0.2) is 71.8 Å². The molecular formula is C26H28ClN5O3. The van der Waals surface area contributed by atoms with Crippen LogP contribution >= 0.6 is 12.4 Å². The van der Waals surface area contributed by atoms with Crippen molar-refractivity contribution in [3.8, 4) is 16.9 Å². The summed E-state index contributed by atoms with van der Waals surface area (Å²) < 4.78 is 8.67. The second kappa shape index (κ2) is 10.3. The number of carbonyl (C=O) groups is 1. The number of aromatic nitrogens is 3. The van der Waals surface area contributed by atoms with Gasteiger partial charge in [0.15, 0.2) is 11.6 Å². The average Bonchev–Trinajstić information content (AvgIpc) is 3.26. The monoisotopic (exact) mass is 493 g/mol. The maximum atomic E-state index is 13.7. The van der Waals surface area contributed by atoms with Crippen molar-refractivity contribution >= 4 is 29.5 Å². The highest BCUT2D eigenvalue weighted by Crippen LogP contribution is 2.39. The Morgan fingerprint density at radius 1 is 1.11 bits per heavy atom. The van der Waals surface area contributed by atoms with E-state index in [-0.39, 0.29) is 36.3 Å². The molecule has 4 aromatic rings. The number of carbonyl (C=O) groups excluding carboxylic acids is 1. The second-order valence-electron chi connectivity index (χ2n) is 8.56. The maximum absolute atomic E-state index is 13.7. The molecule has 2 aromatic carbocycles. The fraction of sp³-hybridized carbons (Fsp3) is 0.269. The van der Waals surface area contributed by atoms with Gasteiger partial charge in [0.25, 0.3) is 5.56 Å². The molecule has 0 radical (unpaired) electrons. The molecule has 0 saturated carbocycles. The number of methoxy groups -OCH3 is 1. The molecule has 1 saturated heterocycles. The van der Waals surface area contributed by atoms with Crippen molar-refractivity contribution in [2.45, 2.75) is 25.4 Å². The van der Waals surface area contributed by atoms with Gasteiger partial charge in [0.1, 0.15) is 11.3 Å². The van der Waals surface area contributed by atoms with Gasteiger partial charge in [0, 0.05) is 42.7 Å². The summed E-state index contributed by atoms with van der Waals surface area (Å²) in [6.45, 7) is 1.41. The number of rotatable bonds is 6. The molecule has 35 heavy (non-hydrogen) atoms. The number of nitrogens with zero attached hydrogens (tertiary/aromatic N) is 4. The van der Waals surface area contributed by atoms with E-state index in [4.69, 9.17) is 15.6 Å². The Labute approximate surface area is 209 Å². The molecule has 0 unspecified atom stereocenters. The zero-order chi connectivity index (χ0) is 23.7. The summed E-state index contributed by atoms with van der Waals surface area (Å²) in [6.07, 6.45) is 5.25. The Morgan fingerprint density at radius 3 is 2.60 bits per heavy atom. The Hall–Kier alpha value is -3.62. The fourth-order valence-electron chi connectivity index (χ4n) is 4.60. The standard InChI is InChI=1S/C26H27N5O3.ClH/c1-34-22-12-6-5-11-20(22)23-24-26(33)30(17-21(32)18-8-3-2-4-9-18)14-15-31(24)28-25(23)29-13-7-10-19(27)16-29;/h2-6,8-9,11-12,14-15,19H,7,10,13,16-17,27H2,1H3;1H/t19-;/m1./s1. The molecule has 182 valence electrons. The molecule has 2 N–H and O–H groups in total. The first-order valence-electron chi connectivity index (χ1n) is 11.4.